The highest BCUT2D eigenvalue weighted by molar-refractivity contribution is 7.99. The van der Waals surface area contributed by atoms with Crippen LogP contribution in [0.5, 0.6) is 0 Å². The van der Waals surface area contributed by atoms with Gasteiger partial charge in [0.05, 0.1) is 37.2 Å². The fourth-order valence-corrected chi connectivity index (χ4v) is 3.11. The zero-order valence-electron chi connectivity index (χ0n) is 11.5. The largest absolute Gasteiger partial charge is 0.437 e. The van der Waals surface area contributed by atoms with E-state index in [9.17, 15) is 4.79 Å². The molecule has 0 saturated carbocycles. The minimum absolute atomic E-state index is 0.0795. The molecule has 4 nitrogen and oxygen atoms in total. The van der Waals surface area contributed by atoms with Gasteiger partial charge in [0.15, 0.2) is 0 Å². The van der Waals surface area contributed by atoms with Crippen LogP contribution >= 0.6 is 58.2 Å². The molecule has 0 radical (unpaired) electrons. The Morgan fingerprint density at radius 3 is 2.32 bits per heavy atom. The molecule has 118 valence electrons. The Morgan fingerprint density at radius 1 is 1.23 bits per heavy atom. The number of hydrogen-bond acceptors (Lipinski definition) is 4. The number of benzene rings is 1. The van der Waals surface area contributed by atoms with Gasteiger partial charge in [-0.2, -0.15) is 0 Å². The highest BCUT2D eigenvalue weighted by atomic mass is 35.5. The van der Waals surface area contributed by atoms with Crippen molar-refractivity contribution in [3.63, 3.8) is 0 Å². The second kappa shape index (κ2) is 7.32. The normalized spacial score (nSPS) is 10.8. The number of hydrogen-bond donors (Lipinski definition) is 1. The Hall–Kier alpha value is -0.590. The van der Waals surface area contributed by atoms with Crippen LogP contribution in [0.4, 0.5) is 5.69 Å². The Bertz CT molecular complexity index is 688. The zero-order chi connectivity index (χ0) is 16.4. The maximum atomic E-state index is 12.0. The topological polar surface area (TPSA) is 55.1 Å². The van der Waals surface area contributed by atoms with Gasteiger partial charge in [0, 0.05) is 0 Å². The number of nitrogens with one attached hydrogen (secondary N) is 1. The Labute approximate surface area is 151 Å². The van der Waals surface area contributed by atoms with Crippen LogP contribution in [0.15, 0.2) is 15.7 Å². The molecule has 0 fully saturated rings. The lowest BCUT2D eigenvalue weighted by Gasteiger charge is -2.11. The van der Waals surface area contributed by atoms with E-state index in [1.165, 1.54) is 6.07 Å². The highest BCUT2D eigenvalue weighted by Gasteiger charge is 2.17. The summed E-state index contributed by atoms with van der Waals surface area (Å²) in [5.74, 6) is 0.465. The third-order valence-corrected chi connectivity index (χ3v) is 5.11. The van der Waals surface area contributed by atoms with Crippen molar-refractivity contribution in [3.8, 4) is 0 Å². The number of carbonyl (C=O) groups excluding carboxylic acids is 1. The maximum Gasteiger partial charge on any atom is 0.256 e. The Kier molecular flexibility index (Phi) is 5.91. The first-order valence-corrected chi connectivity index (χ1v) is 8.49. The van der Waals surface area contributed by atoms with E-state index >= 15 is 0 Å². The fourth-order valence-electron chi connectivity index (χ4n) is 1.49. The average molecular weight is 400 g/mol. The van der Waals surface area contributed by atoms with Crippen molar-refractivity contribution in [2.75, 3.05) is 11.1 Å². The number of anilines is 1. The number of thioether (sulfide) groups is 1. The van der Waals surface area contributed by atoms with E-state index in [-0.39, 0.29) is 37.4 Å². The first kappa shape index (κ1) is 17.8. The van der Waals surface area contributed by atoms with E-state index in [1.54, 1.807) is 6.92 Å². The predicted octanol–water partition coefficient (Wildman–Crippen LogP) is 5.64. The number of halogens is 4. The summed E-state index contributed by atoms with van der Waals surface area (Å²) in [6.07, 6.45) is 0. The number of aromatic nitrogens is 1. The molecule has 0 saturated heterocycles. The summed E-state index contributed by atoms with van der Waals surface area (Å²) in [5, 5.41) is 3.70. The van der Waals surface area contributed by atoms with Gasteiger partial charge in [-0.25, -0.2) is 4.98 Å². The molecule has 2 aromatic rings. The van der Waals surface area contributed by atoms with Crippen LogP contribution in [0.3, 0.4) is 0 Å². The van der Waals surface area contributed by atoms with Crippen molar-refractivity contribution in [2.45, 2.75) is 19.1 Å². The van der Waals surface area contributed by atoms with Gasteiger partial charge in [0.2, 0.25) is 5.91 Å². The Morgan fingerprint density at radius 2 is 1.82 bits per heavy atom. The van der Waals surface area contributed by atoms with Gasteiger partial charge in [0.1, 0.15) is 5.76 Å². The smallest absolute Gasteiger partial charge is 0.256 e. The first-order valence-electron chi connectivity index (χ1n) is 5.99. The van der Waals surface area contributed by atoms with Crippen molar-refractivity contribution in [1.82, 2.24) is 4.98 Å². The lowest BCUT2D eigenvalue weighted by molar-refractivity contribution is -0.113. The molecule has 0 aliphatic carbocycles. The molecule has 0 spiro atoms. The number of nitrogens with zero attached hydrogens (tertiary/aromatic N) is 1. The standard InChI is InChI=1S/C13H10Cl4N2O2S/c1-5-6(2)21-13(18-5)22-4-9(20)19-12-10(16)7(14)3-8(15)11(12)17/h3H,4H2,1-2H3,(H,19,20). The van der Waals surface area contributed by atoms with Crippen molar-refractivity contribution < 1.29 is 9.21 Å². The number of oxazole rings is 1. The molecule has 1 aromatic heterocycles. The summed E-state index contributed by atoms with van der Waals surface area (Å²) >= 11 is 25.0. The molecule has 2 rings (SSSR count). The molecule has 0 atom stereocenters. The SMILES string of the molecule is Cc1nc(SCC(=O)Nc2c(Cl)c(Cl)cc(Cl)c2Cl)oc1C. The third kappa shape index (κ3) is 4.03. The molecule has 0 aliphatic heterocycles. The van der Waals surface area contributed by atoms with Crippen molar-refractivity contribution >= 4 is 69.8 Å². The van der Waals surface area contributed by atoms with Gasteiger partial charge >= 0.3 is 0 Å². The summed E-state index contributed by atoms with van der Waals surface area (Å²) in [7, 11) is 0. The molecule has 0 bridgehead atoms. The van der Waals surface area contributed by atoms with Crippen LogP contribution in [0.25, 0.3) is 0 Å². The van der Waals surface area contributed by atoms with Gasteiger partial charge in [-0.3, -0.25) is 4.79 Å². The summed E-state index contributed by atoms with van der Waals surface area (Å²) in [6.45, 7) is 3.64. The minimum atomic E-state index is -0.333. The predicted molar refractivity (Wildman–Crippen MR) is 91.8 cm³/mol. The molecule has 0 aliphatic rings. The zero-order valence-corrected chi connectivity index (χ0v) is 15.3. The molecule has 1 aromatic carbocycles. The van der Waals surface area contributed by atoms with Crippen LogP contribution in [0.2, 0.25) is 20.1 Å². The molecule has 9 heteroatoms. The second-order valence-electron chi connectivity index (χ2n) is 4.30. The summed E-state index contributed by atoms with van der Waals surface area (Å²) in [6, 6.07) is 1.41. The summed E-state index contributed by atoms with van der Waals surface area (Å²) < 4.78 is 5.38. The molecular formula is C13H10Cl4N2O2S. The van der Waals surface area contributed by atoms with Crippen LogP contribution in [0, 0.1) is 13.8 Å². The van der Waals surface area contributed by atoms with E-state index < -0.39 is 0 Å². The van der Waals surface area contributed by atoms with Crippen molar-refractivity contribution in [1.29, 1.82) is 0 Å². The molecule has 1 amide bonds. The van der Waals surface area contributed by atoms with Gasteiger partial charge in [0.25, 0.3) is 5.22 Å². The number of amides is 1. The van der Waals surface area contributed by atoms with Gasteiger partial charge in [-0.05, 0) is 19.9 Å². The lowest BCUT2D eigenvalue weighted by Crippen LogP contribution is -2.15. The van der Waals surface area contributed by atoms with Crippen LogP contribution in [-0.2, 0) is 4.79 Å². The molecule has 0 unspecified atom stereocenters. The van der Waals surface area contributed by atoms with E-state index in [1.807, 2.05) is 6.92 Å². The van der Waals surface area contributed by atoms with Crippen molar-refractivity contribution in [2.24, 2.45) is 0 Å². The number of aryl methyl sites for hydroxylation is 2. The van der Waals surface area contributed by atoms with Crippen molar-refractivity contribution in [3.05, 3.63) is 37.6 Å². The van der Waals surface area contributed by atoms with Gasteiger partial charge < -0.3 is 9.73 Å². The van der Waals surface area contributed by atoms with Crippen LogP contribution in [-0.4, -0.2) is 16.6 Å². The van der Waals surface area contributed by atoms with E-state index in [0.29, 0.717) is 5.22 Å². The molecule has 22 heavy (non-hydrogen) atoms. The van der Waals surface area contributed by atoms with Gasteiger partial charge in [-0.1, -0.05) is 58.2 Å². The number of rotatable bonds is 4. The Balaban J connectivity index is 2.06. The quantitative estimate of drug-likeness (QED) is 0.534. The minimum Gasteiger partial charge on any atom is -0.437 e. The summed E-state index contributed by atoms with van der Waals surface area (Å²) in [5.41, 5.74) is 0.974. The van der Waals surface area contributed by atoms with Crippen LogP contribution in [0.1, 0.15) is 11.5 Å². The van der Waals surface area contributed by atoms with E-state index in [2.05, 4.69) is 10.3 Å². The summed E-state index contributed by atoms with van der Waals surface area (Å²) in [4.78, 5) is 16.2. The fraction of sp³-hybridized carbons (Fsp3) is 0.231. The monoisotopic (exact) mass is 398 g/mol. The first-order chi connectivity index (χ1) is 10.3. The molecule has 1 heterocycles. The van der Waals surface area contributed by atoms with Gasteiger partial charge in [-0.15, -0.1) is 0 Å². The molecular weight excluding hydrogens is 390 g/mol. The third-order valence-electron chi connectivity index (χ3n) is 2.71. The van der Waals surface area contributed by atoms with E-state index in [4.69, 9.17) is 50.8 Å². The second-order valence-corrected chi connectivity index (χ2v) is 6.80. The average Bonchev–Trinajstić information content (AvgIpc) is 2.78. The lowest BCUT2D eigenvalue weighted by atomic mass is 10.3. The van der Waals surface area contributed by atoms with Crippen LogP contribution < -0.4 is 5.32 Å². The maximum absolute atomic E-state index is 12.0. The molecule has 1 N–H and O–H groups in total. The van der Waals surface area contributed by atoms with E-state index in [0.717, 1.165) is 23.2 Å². The number of carbonyl (C=O) groups is 1. The highest BCUT2D eigenvalue weighted by Crippen LogP contribution is 2.41.